The molecule has 1 atom stereocenters. The minimum Gasteiger partial charge on any atom is -0.443 e. The maximum Gasteiger partial charge on any atom is 0.414 e. The van der Waals surface area contributed by atoms with Crippen LogP contribution in [0, 0.1) is 0 Å². The summed E-state index contributed by atoms with van der Waals surface area (Å²) in [5.41, 5.74) is 1.30. The zero-order valence-electron chi connectivity index (χ0n) is 10.1. The highest BCUT2D eigenvalue weighted by Crippen LogP contribution is 2.21. The van der Waals surface area contributed by atoms with E-state index in [1.807, 2.05) is 0 Å². The van der Waals surface area contributed by atoms with Gasteiger partial charge in [-0.2, -0.15) is 0 Å². The summed E-state index contributed by atoms with van der Waals surface area (Å²) in [4.78, 5) is 24.4. The number of hydrogen-bond donors (Lipinski definition) is 1. The highest BCUT2D eigenvalue weighted by molar-refractivity contribution is 5.95. The van der Waals surface area contributed by atoms with Crippen molar-refractivity contribution in [1.29, 1.82) is 0 Å². The van der Waals surface area contributed by atoms with E-state index in [2.05, 4.69) is 0 Å². The van der Waals surface area contributed by atoms with E-state index in [0.717, 1.165) is 0 Å². The molecule has 0 spiro atoms. The number of nitrogens with zero attached hydrogens (tertiary/aromatic N) is 1. The fourth-order valence-corrected chi connectivity index (χ4v) is 1.87. The number of carbonyl (C=O) groups is 2. The normalized spacial score (nSPS) is 19.6. The van der Waals surface area contributed by atoms with Gasteiger partial charge in [0.25, 0.3) is 0 Å². The molecule has 1 aliphatic rings. The molecule has 1 unspecified atom stereocenters. The first-order valence-electron chi connectivity index (χ1n) is 5.82. The third kappa shape index (κ3) is 2.51. The van der Waals surface area contributed by atoms with Crippen molar-refractivity contribution in [3.05, 3.63) is 29.8 Å². The smallest absolute Gasteiger partial charge is 0.414 e. The zero-order valence-corrected chi connectivity index (χ0v) is 10.1. The lowest BCUT2D eigenvalue weighted by Crippen LogP contribution is -2.43. The van der Waals surface area contributed by atoms with Crippen molar-refractivity contribution in [1.82, 2.24) is 0 Å². The van der Waals surface area contributed by atoms with Crippen molar-refractivity contribution in [3.63, 3.8) is 0 Å². The molecule has 1 amide bonds. The fourth-order valence-electron chi connectivity index (χ4n) is 1.87. The number of Topliss-reactive ketones (excluding diaryl/α,β-unsaturated/α-hetero) is 1. The van der Waals surface area contributed by atoms with Crippen LogP contribution in [0.4, 0.5) is 10.5 Å². The Morgan fingerprint density at radius 1 is 1.44 bits per heavy atom. The number of cyclic esters (lactones) is 1. The highest BCUT2D eigenvalue weighted by atomic mass is 16.6. The molecule has 1 saturated heterocycles. The Kier molecular flexibility index (Phi) is 3.62. The molecule has 96 valence electrons. The van der Waals surface area contributed by atoms with Crippen LogP contribution in [0.3, 0.4) is 0 Å². The van der Waals surface area contributed by atoms with Gasteiger partial charge in [0.05, 0.1) is 6.61 Å². The molecule has 1 aromatic rings. The SMILES string of the molecule is CC(=O)c1ccc(N2CCC(CO)OC2=O)cc1. The van der Waals surface area contributed by atoms with E-state index in [1.165, 1.54) is 11.8 Å². The van der Waals surface area contributed by atoms with Crippen LogP contribution in [0.15, 0.2) is 24.3 Å². The van der Waals surface area contributed by atoms with Gasteiger partial charge in [-0.15, -0.1) is 0 Å². The number of ether oxygens (including phenoxy) is 1. The summed E-state index contributed by atoms with van der Waals surface area (Å²) in [5, 5.41) is 8.93. The third-order valence-electron chi connectivity index (χ3n) is 2.95. The van der Waals surface area contributed by atoms with Crippen molar-refractivity contribution in [2.45, 2.75) is 19.4 Å². The predicted octanol–water partition coefficient (Wildman–Crippen LogP) is 1.60. The predicted molar refractivity (Wildman–Crippen MR) is 65.8 cm³/mol. The molecule has 18 heavy (non-hydrogen) atoms. The Hall–Kier alpha value is -1.88. The number of ketones is 1. The minimum atomic E-state index is -0.462. The Morgan fingerprint density at radius 2 is 2.11 bits per heavy atom. The van der Waals surface area contributed by atoms with E-state index in [-0.39, 0.29) is 12.4 Å². The summed E-state index contributed by atoms with van der Waals surface area (Å²) >= 11 is 0. The average molecular weight is 249 g/mol. The van der Waals surface area contributed by atoms with Crippen LogP contribution >= 0.6 is 0 Å². The summed E-state index contributed by atoms with van der Waals surface area (Å²) in [6.45, 7) is 1.85. The molecule has 1 aromatic carbocycles. The lowest BCUT2D eigenvalue weighted by Gasteiger charge is -2.30. The molecule has 0 saturated carbocycles. The fraction of sp³-hybridized carbons (Fsp3) is 0.385. The summed E-state index contributed by atoms with van der Waals surface area (Å²) in [5.74, 6) is -0.0110. The molecule has 0 aromatic heterocycles. The van der Waals surface area contributed by atoms with Crippen LogP contribution in [0.25, 0.3) is 0 Å². The standard InChI is InChI=1S/C13H15NO4/c1-9(16)10-2-4-11(5-3-10)14-7-6-12(8-15)18-13(14)17/h2-5,12,15H,6-8H2,1H3. The van der Waals surface area contributed by atoms with E-state index in [4.69, 9.17) is 9.84 Å². The Morgan fingerprint density at radius 3 is 2.61 bits per heavy atom. The van der Waals surface area contributed by atoms with Crippen molar-refractivity contribution >= 4 is 17.6 Å². The topological polar surface area (TPSA) is 66.8 Å². The van der Waals surface area contributed by atoms with E-state index in [1.54, 1.807) is 24.3 Å². The van der Waals surface area contributed by atoms with Gasteiger partial charge in [0.1, 0.15) is 6.10 Å². The minimum absolute atomic E-state index is 0.0110. The monoisotopic (exact) mass is 249 g/mol. The molecule has 2 rings (SSSR count). The van der Waals surface area contributed by atoms with Gasteiger partial charge < -0.3 is 9.84 Å². The van der Waals surface area contributed by atoms with Gasteiger partial charge in [-0.3, -0.25) is 9.69 Å². The largest absolute Gasteiger partial charge is 0.443 e. The summed E-state index contributed by atoms with van der Waals surface area (Å²) in [6.07, 6.45) is -0.280. The van der Waals surface area contributed by atoms with Crippen LogP contribution in [-0.4, -0.2) is 36.2 Å². The number of carbonyl (C=O) groups excluding carboxylic acids is 2. The first-order chi connectivity index (χ1) is 8.61. The van der Waals surface area contributed by atoms with Crippen molar-refractivity contribution in [3.8, 4) is 0 Å². The lowest BCUT2D eigenvalue weighted by molar-refractivity contribution is 0.0453. The van der Waals surface area contributed by atoms with Crippen LogP contribution in [-0.2, 0) is 4.74 Å². The van der Waals surface area contributed by atoms with Crippen LogP contribution in [0.2, 0.25) is 0 Å². The molecule has 0 aliphatic carbocycles. The Balaban J connectivity index is 2.12. The van der Waals surface area contributed by atoms with Crippen LogP contribution < -0.4 is 4.90 Å². The zero-order chi connectivity index (χ0) is 13.1. The van der Waals surface area contributed by atoms with Gasteiger partial charge in [0.15, 0.2) is 5.78 Å². The van der Waals surface area contributed by atoms with Gasteiger partial charge in [-0.1, -0.05) is 0 Å². The molecular weight excluding hydrogens is 234 g/mol. The summed E-state index contributed by atoms with van der Waals surface area (Å²) < 4.78 is 5.05. The Labute approximate surface area is 105 Å². The van der Waals surface area contributed by atoms with Gasteiger partial charge in [0.2, 0.25) is 0 Å². The van der Waals surface area contributed by atoms with E-state index in [0.29, 0.717) is 24.2 Å². The first-order valence-corrected chi connectivity index (χ1v) is 5.82. The molecule has 0 radical (unpaired) electrons. The average Bonchev–Trinajstić information content (AvgIpc) is 2.38. The molecule has 1 heterocycles. The second kappa shape index (κ2) is 5.18. The number of aliphatic hydroxyl groups is 1. The quantitative estimate of drug-likeness (QED) is 0.826. The van der Waals surface area contributed by atoms with Crippen molar-refractivity contribution < 1.29 is 19.4 Å². The van der Waals surface area contributed by atoms with Gasteiger partial charge >= 0.3 is 6.09 Å². The molecule has 0 bridgehead atoms. The number of aliphatic hydroxyl groups excluding tert-OH is 1. The molecule has 1 N–H and O–H groups in total. The van der Waals surface area contributed by atoms with Crippen LogP contribution in [0.5, 0.6) is 0 Å². The number of benzene rings is 1. The number of amides is 1. The molecule has 5 heteroatoms. The van der Waals surface area contributed by atoms with Gasteiger partial charge in [-0.05, 0) is 31.2 Å². The van der Waals surface area contributed by atoms with Crippen LogP contribution in [0.1, 0.15) is 23.7 Å². The molecule has 1 fully saturated rings. The Bertz CT molecular complexity index is 455. The molecule has 1 aliphatic heterocycles. The van der Waals surface area contributed by atoms with E-state index >= 15 is 0 Å². The second-order valence-corrected chi connectivity index (χ2v) is 4.23. The molecular formula is C13H15NO4. The van der Waals surface area contributed by atoms with E-state index < -0.39 is 12.2 Å². The lowest BCUT2D eigenvalue weighted by atomic mass is 10.1. The number of hydrogen-bond acceptors (Lipinski definition) is 4. The van der Waals surface area contributed by atoms with Gasteiger partial charge in [-0.25, -0.2) is 4.79 Å². The third-order valence-corrected chi connectivity index (χ3v) is 2.95. The second-order valence-electron chi connectivity index (χ2n) is 4.23. The van der Waals surface area contributed by atoms with E-state index in [9.17, 15) is 9.59 Å². The van der Waals surface area contributed by atoms with Crippen molar-refractivity contribution in [2.24, 2.45) is 0 Å². The van der Waals surface area contributed by atoms with Gasteiger partial charge in [0, 0.05) is 24.2 Å². The maximum atomic E-state index is 11.7. The molecule has 5 nitrogen and oxygen atoms in total. The summed E-state index contributed by atoms with van der Waals surface area (Å²) in [7, 11) is 0. The maximum absolute atomic E-state index is 11.7. The highest BCUT2D eigenvalue weighted by Gasteiger charge is 2.27. The van der Waals surface area contributed by atoms with Crippen molar-refractivity contribution in [2.75, 3.05) is 18.1 Å². The summed E-state index contributed by atoms with van der Waals surface area (Å²) in [6, 6.07) is 6.81. The number of rotatable bonds is 3. The first kappa shape index (κ1) is 12.6. The number of anilines is 1.